The molecule has 2 N–H and O–H groups in total. The minimum Gasteiger partial charge on any atom is -0.398 e. The van der Waals surface area contributed by atoms with E-state index in [1.165, 1.54) is 17.2 Å². The van der Waals surface area contributed by atoms with Crippen LogP contribution in [0.25, 0.3) is 0 Å². The highest BCUT2D eigenvalue weighted by atomic mass is 19.4. The lowest BCUT2D eigenvalue weighted by Gasteiger charge is -2.29. The molecule has 2 aromatic carbocycles. The standard InChI is InChI=1S/C17H17F3N2/c18-17(19,20)15-6-5-14(16(21)9-15)11-22-8-7-12-3-1-2-4-13(12)10-22/h1-6,9H,7-8,10-11,21H2. The third-order valence-electron chi connectivity index (χ3n) is 4.08. The van der Waals surface area contributed by atoms with Crippen LogP contribution in [0.4, 0.5) is 18.9 Å². The molecule has 0 saturated carbocycles. The van der Waals surface area contributed by atoms with Gasteiger partial charge in [0, 0.05) is 25.3 Å². The second-order valence-electron chi connectivity index (χ2n) is 5.64. The maximum Gasteiger partial charge on any atom is 0.416 e. The van der Waals surface area contributed by atoms with Crippen molar-refractivity contribution in [2.45, 2.75) is 25.7 Å². The van der Waals surface area contributed by atoms with Gasteiger partial charge in [-0.05, 0) is 35.2 Å². The molecular weight excluding hydrogens is 289 g/mol. The number of fused-ring (bicyclic) bond motifs is 1. The molecular formula is C17H17F3N2. The molecule has 0 unspecified atom stereocenters. The van der Waals surface area contributed by atoms with Gasteiger partial charge in [0.25, 0.3) is 0 Å². The number of hydrogen-bond acceptors (Lipinski definition) is 2. The molecule has 3 rings (SSSR count). The van der Waals surface area contributed by atoms with Crippen molar-refractivity contribution in [1.29, 1.82) is 0 Å². The number of rotatable bonds is 2. The van der Waals surface area contributed by atoms with Gasteiger partial charge in [0.2, 0.25) is 0 Å². The van der Waals surface area contributed by atoms with Crippen LogP contribution in [-0.2, 0) is 25.7 Å². The maximum atomic E-state index is 12.7. The molecule has 1 aliphatic heterocycles. The number of nitrogen functional groups attached to an aromatic ring is 1. The van der Waals surface area contributed by atoms with E-state index in [0.717, 1.165) is 37.2 Å². The first-order valence-corrected chi connectivity index (χ1v) is 7.18. The van der Waals surface area contributed by atoms with Crippen LogP contribution in [-0.4, -0.2) is 11.4 Å². The number of nitrogens with two attached hydrogens (primary N) is 1. The van der Waals surface area contributed by atoms with Crippen LogP contribution in [0.15, 0.2) is 42.5 Å². The molecule has 2 nitrogen and oxygen atoms in total. The summed E-state index contributed by atoms with van der Waals surface area (Å²) in [5.74, 6) is 0. The minimum atomic E-state index is -4.35. The second kappa shape index (κ2) is 5.65. The van der Waals surface area contributed by atoms with Gasteiger partial charge in [0.1, 0.15) is 0 Å². The van der Waals surface area contributed by atoms with Crippen LogP contribution >= 0.6 is 0 Å². The molecule has 0 atom stereocenters. The number of hydrogen-bond donors (Lipinski definition) is 1. The van der Waals surface area contributed by atoms with Gasteiger partial charge in [-0.3, -0.25) is 4.90 Å². The van der Waals surface area contributed by atoms with Gasteiger partial charge in [0.15, 0.2) is 0 Å². The number of halogens is 3. The third-order valence-corrected chi connectivity index (χ3v) is 4.08. The van der Waals surface area contributed by atoms with E-state index < -0.39 is 11.7 Å². The van der Waals surface area contributed by atoms with Crippen LogP contribution in [0.1, 0.15) is 22.3 Å². The largest absolute Gasteiger partial charge is 0.416 e. The Bertz CT molecular complexity index is 680. The average molecular weight is 306 g/mol. The molecule has 116 valence electrons. The quantitative estimate of drug-likeness (QED) is 0.854. The van der Waals surface area contributed by atoms with E-state index in [1.54, 1.807) is 0 Å². The van der Waals surface area contributed by atoms with Crippen LogP contribution < -0.4 is 5.73 Å². The van der Waals surface area contributed by atoms with Crippen molar-refractivity contribution in [2.24, 2.45) is 0 Å². The van der Waals surface area contributed by atoms with E-state index in [-0.39, 0.29) is 5.69 Å². The average Bonchev–Trinajstić information content (AvgIpc) is 2.48. The molecule has 1 heterocycles. The van der Waals surface area contributed by atoms with Crippen LogP contribution in [0.3, 0.4) is 0 Å². The van der Waals surface area contributed by atoms with Crippen molar-refractivity contribution < 1.29 is 13.2 Å². The SMILES string of the molecule is Nc1cc(C(F)(F)F)ccc1CN1CCc2ccccc2C1. The molecule has 22 heavy (non-hydrogen) atoms. The summed E-state index contributed by atoms with van der Waals surface area (Å²) in [4.78, 5) is 2.21. The van der Waals surface area contributed by atoms with Crippen LogP contribution in [0.5, 0.6) is 0 Å². The van der Waals surface area contributed by atoms with E-state index in [9.17, 15) is 13.2 Å². The Kier molecular flexibility index (Phi) is 3.83. The zero-order valence-electron chi connectivity index (χ0n) is 12.0. The van der Waals surface area contributed by atoms with Gasteiger partial charge in [-0.2, -0.15) is 13.2 Å². The Balaban J connectivity index is 1.75. The Hall–Kier alpha value is -2.01. The van der Waals surface area contributed by atoms with Crippen LogP contribution in [0, 0.1) is 0 Å². The normalized spacial score (nSPS) is 15.6. The summed E-state index contributed by atoms with van der Waals surface area (Å²) in [6.45, 7) is 2.26. The highest BCUT2D eigenvalue weighted by molar-refractivity contribution is 5.50. The second-order valence-corrected chi connectivity index (χ2v) is 5.64. The summed E-state index contributed by atoms with van der Waals surface area (Å²) in [7, 11) is 0. The molecule has 5 heteroatoms. The highest BCUT2D eigenvalue weighted by Gasteiger charge is 2.30. The van der Waals surface area contributed by atoms with Crippen molar-refractivity contribution in [1.82, 2.24) is 4.90 Å². The first kappa shape index (κ1) is 14.9. The van der Waals surface area contributed by atoms with Gasteiger partial charge in [-0.15, -0.1) is 0 Å². The Morgan fingerprint density at radius 2 is 1.77 bits per heavy atom. The summed E-state index contributed by atoms with van der Waals surface area (Å²) < 4.78 is 38.0. The molecule has 0 spiro atoms. The van der Waals surface area contributed by atoms with E-state index in [2.05, 4.69) is 17.0 Å². The number of anilines is 1. The van der Waals surface area contributed by atoms with E-state index >= 15 is 0 Å². The molecule has 2 aromatic rings. The number of benzene rings is 2. The number of alkyl halides is 3. The number of nitrogens with zero attached hydrogens (tertiary/aromatic N) is 1. The van der Waals surface area contributed by atoms with Gasteiger partial charge >= 0.3 is 6.18 Å². The fourth-order valence-electron chi connectivity index (χ4n) is 2.85. The third kappa shape index (κ3) is 3.09. The predicted octanol–water partition coefficient (Wildman–Crippen LogP) is 3.85. The van der Waals surface area contributed by atoms with Crippen molar-refractivity contribution >= 4 is 5.69 Å². The maximum absolute atomic E-state index is 12.7. The first-order valence-electron chi connectivity index (χ1n) is 7.18. The lowest BCUT2D eigenvalue weighted by Crippen LogP contribution is -2.30. The van der Waals surface area contributed by atoms with E-state index in [4.69, 9.17) is 5.73 Å². The van der Waals surface area contributed by atoms with Gasteiger partial charge in [0.05, 0.1) is 5.56 Å². The zero-order chi connectivity index (χ0) is 15.7. The van der Waals surface area contributed by atoms with Crippen molar-refractivity contribution in [2.75, 3.05) is 12.3 Å². The van der Waals surface area contributed by atoms with Crippen LogP contribution in [0.2, 0.25) is 0 Å². The summed E-state index contributed by atoms with van der Waals surface area (Å²) in [5, 5.41) is 0. The molecule has 1 aliphatic rings. The molecule has 0 aromatic heterocycles. The fourth-order valence-corrected chi connectivity index (χ4v) is 2.85. The molecule has 0 radical (unpaired) electrons. The highest BCUT2D eigenvalue weighted by Crippen LogP contribution is 2.32. The first-order chi connectivity index (χ1) is 10.4. The Labute approximate surface area is 127 Å². The molecule has 0 aliphatic carbocycles. The van der Waals surface area contributed by atoms with E-state index in [0.29, 0.717) is 6.54 Å². The molecule has 0 bridgehead atoms. The lowest BCUT2D eigenvalue weighted by molar-refractivity contribution is -0.137. The van der Waals surface area contributed by atoms with Gasteiger partial charge in [-0.25, -0.2) is 0 Å². The monoisotopic (exact) mass is 306 g/mol. The van der Waals surface area contributed by atoms with Gasteiger partial charge < -0.3 is 5.73 Å². The summed E-state index contributed by atoms with van der Waals surface area (Å²) in [5.41, 5.74) is 8.68. The molecule has 0 amide bonds. The predicted molar refractivity (Wildman–Crippen MR) is 80.1 cm³/mol. The van der Waals surface area contributed by atoms with Crippen molar-refractivity contribution in [3.63, 3.8) is 0 Å². The lowest BCUT2D eigenvalue weighted by atomic mass is 9.99. The summed E-state index contributed by atoms with van der Waals surface area (Å²) >= 11 is 0. The van der Waals surface area contributed by atoms with Gasteiger partial charge in [-0.1, -0.05) is 30.3 Å². The van der Waals surface area contributed by atoms with Crippen molar-refractivity contribution in [3.8, 4) is 0 Å². The Morgan fingerprint density at radius 1 is 1.05 bits per heavy atom. The smallest absolute Gasteiger partial charge is 0.398 e. The van der Waals surface area contributed by atoms with E-state index in [1.807, 2.05) is 12.1 Å². The minimum absolute atomic E-state index is 0.202. The fraction of sp³-hybridized carbons (Fsp3) is 0.294. The topological polar surface area (TPSA) is 29.3 Å². The molecule has 0 saturated heterocycles. The Morgan fingerprint density at radius 3 is 2.45 bits per heavy atom. The zero-order valence-corrected chi connectivity index (χ0v) is 12.0. The summed E-state index contributed by atoms with van der Waals surface area (Å²) in [6, 6.07) is 11.9. The van der Waals surface area contributed by atoms with Crippen molar-refractivity contribution in [3.05, 3.63) is 64.7 Å². The summed E-state index contributed by atoms with van der Waals surface area (Å²) in [6.07, 6.45) is -3.40. The molecule has 0 fully saturated rings.